The fraction of sp³-hybridized carbons (Fsp3) is 0.267. The molecule has 0 atom stereocenters. The van der Waals surface area contributed by atoms with E-state index < -0.39 is 23.3 Å². The highest BCUT2D eigenvalue weighted by Crippen LogP contribution is 2.38. The van der Waals surface area contributed by atoms with Gasteiger partial charge in [-0.15, -0.1) is 11.3 Å². The quantitative estimate of drug-likeness (QED) is 0.687. The molecule has 0 spiro atoms. The van der Waals surface area contributed by atoms with E-state index in [4.69, 9.17) is 11.6 Å². The summed E-state index contributed by atoms with van der Waals surface area (Å²) in [7, 11) is 1.71. The molecule has 0 aliphatic rings. The van der Waals surface area contributed by atoms with E-state index in [-0.39, 0.29) is 11.6 Å². The van der Waals surface area contributed by atoms with E-state index in [9.17, 15) is 18.0 Å². The number of para-hydroxylation sites is 1. The summed E-state index contributed by atoms with van der Waals surface area (Å²) in [5, 5.41) is 4.06. The van der Waals surface area contributed by atoms with E-state index in [1.54, 1.807) is 11.9 Å². The lowest BCUT2D eigenvalue weighted by Gasteiger charge is -2.18. The minimum Gasteiger partial charge on any atom is -0.323 e. The molecule has 0 radical (unpaired) electrons. The van der Waals surface area contributed by atoms with Crippen molar-refractivity contribution in [2.24, 2.45) is 0 Å². The highest BCUT2D eigenvalue weighted by molar-refractivity contribution is 9.11. The van der Waals surface area contributed by atoms with Crippen LogP contribution in [0.5, 0.6) is 0 Å². The first-order chi connectivity index (χ1) is 11.2. The van der Waals surface area contributed by atoms with Crippen molar-refractivity contribution in [2.75, 3.05) is 18.9 Å². The molecule has 0 fully saturated rings. The summed E-state index contributed by atoms with van der Waals surface area (Å²) in [5.74, 6) is -0.564. The van der Waals surface area contributed by atoms with E-state index in [0.717, 1.165) is 15.4 Å². The largest absolute Gasteiger partial charge is 0.418 e. The molecule has 2 aromatic rings. The molecule has 1 heterocycles. The molecular formula is C15H13BrClF3N2OS. The zero-order chi connectivity index (χ0) is 17.9. The van der Waals surface area contributed by atoms with Crippen LogP contribution in [0.4, 0.5) is 18.9 Å². The Hall–Kier alpha value is -1.09. The van der Waals surface area contributed by atoms with Gasteiger partial charge in [0.25, 0.3) is 0 Å². The summed E-state index contributed by atoms with van der Waals surface area (Å²) in [6.45, 7) is 0.445. The zero-order valence-corrected chi connectivity index (χ0v) is 15.6. The van der Waals surface area contributed by atoms with Crippen LogP contribution < -0.4 is 5.32 Å². The molecule has 1 aromatic heterocycles. The molecule has 3 nitrogen and oxygen atoms in total. The number of hydrogen-bond donors (Lipinski definition) is 1. The number of nitrogens with zero attached hydrogens (tertiary/aromatic N) is 1. The third-order valence-electron chi connectivity index (χ3n) is 3.07. The van der Waals surface area contributed by atoms with Gasteiger partial charge >= 0.3 is 6.18 Å². The zero-order valence-electron chi connectivity index (χ0n) is 12.5. The van der Waals surface area contributed by atoms with Crippen molar-refractivity contribution in [3.05, 3.63) is 49.6 Å². The normalized spacial score (nSPS) is 11.8. The van der Waals surface area contributed by atoms with E-state index >= 15 is 0 Å². The third kappa shape index (κ3) is 5.20. The van der Waals surface area contributed by atoms with Crippen LogP contribution in [0.15, 0.2) is 33.4 Å². The van der Waals surface area contributed by atoms with Crippen molar-refractivity contribution < 1.29 is 18.0 Å². The van der Waals surface area contributed by atoms with Crippen molar-refractivity contribution in [1.82, 2.24) is 4.90 Å². The molecule has 9 heteroatoms. The molecule has 0 saturated carbocycles. The van der Waals surface area contributed by atoms with Gasteiger partial charge in [-0.05, 0) is 52.1 Å². The molecule has 0 bridgehead atoms. The number of nitrogens with one attached hydrogen (secondary N) is 1. The van der Waals surface area contributed by atoms with Crippen LogP contribution in [-0.2, 0) is 17.5 Å². The van der Waals surface area contributed by atoms with Gasteiger partial charge in [0.2, 0.25) is 5.91 Å². The summed E-state index contributed by atoms with van der Waals surface area (Å²) in [5.41, 5.74) is -0.369. The lowest BCUT2D eigenvalue weighted by atomic mass is 10.1. The Morgan fingerprint density at radius 3 is 2.71 bits per heavy atom. The molecule has 0 aliphatic heterocycles. The van der Waals surface area contributed by atoms with Crippen molar-refractivity contribution >= 4 is 50.5 Å². The molecule has 1 N–H and O–H groups in total. The molecular weight excluding hydrogens is 429 g/mol. The van der Waals surface area contributed by atoms with Crippen LogP contribution >= 0.6 is 38.9 Å². The second-order valence-corrected chi connectivity index (χ2v) is 7.84. The van der Waals surface area contributed by atoms with E-state index in [2.05, 4.69) is 21.2 Å². The minimum absolute atomic E-state index is 0.0595. The molecule has 130 valence electrons. The standard InChI is InChI=1S/C15H13BrClF3N2OS/c1-22(6-9-5-12(16)24-8-9)7-13(23)21-14-10(15(18,19)20)3-2-4-11(14)17/h2-5,8H,6-7H2,1H3,(H,21,23). The number of carbonyl (C=O) groups excluding carboxylic acids is 1. The van der Waals surface area contributed by atoms with Crippen LogP contribution in [0.2, 0.25) is 5.02 Å². The molecule has 0 saturated heterocycles. The maximum Gasteiger partial charge on any atom is 0.418 e. The number of anilines is 1. The Kier molecular flexibility index (Phi) is 6.30. The second kappa shape index (κ2) is 7.86. The Bertz CT molecular complexity index is 736. The maximum absolute atomic E-state index is 13.0. The van der Waals surface area contributed by atoms with E-state index in [0.29, 0.717) is 6.54 Å². The molecule has 0 aliphatic carbocycles. The monoisotopic (exact) mass is 440 g/mol. The van der Waals surface area contributed by atoms with Gasteiger partial charge in [-0.1, -0.05) is 17.7 Å². The van der Waals surface area contributed by atoms with Gasteiger partial charge in [0, 0.05) is 6.54 Å². The van der Waals surface area contributed by atoms with Gasteiger partial charge in [0.1, 0.15) is 0 Å². The van der Waals surface area contributed by atoms with Crippen molar-refractivity contribution in [2.45, 2.75) is 12.7 Å². The highest BCUT2D eigenvalue weighted by Gasteiger charge is 2.34. The van der Waals surface area contributed by atoms with Gasteiger partial charge in [-0.25, -0.2) is 0 Å². The Labute approximate surface area is 154 Å². The van der Waals surface area contributed by atoms with Crippen LogP contribution in [-0.4, -0.2) is 24.4 Å². The molecule has 1 aromatic carbocycles. The Balaban J connectivity index is 2.04. The topological polar surface area (TPSA) is 32.3 Å². The number of carbonyl (C=O) groups is 1. The number of rotatable bonds is 5. The average molecular weight is 442 g/mol. The Morgan fingerprint density at radius 2 is 2.12 bits per heavy atom. The third-order valence-corrected chi connectivity index (χ3v) is 4.94. The van der Waals surface area contributed by atoms with Gasteiger partial charge in [-0.2, -0.15) is 13.2 Å². The number of amides is 1. The van der Waals surface area contributed by atoms with Gasteiger partial charge < -0.3 is 5.32 Å². The summed E-state index contributed by atoms with van der Waals surface area (Å²) < 4.78 is 40.0. The number of alkyl halides is 3. The van der Waals surface area contributed by atoms with Crippen LogP contribution in [0.25, 0.3) is 0 Å². The average Bonchev–Trinajstić information content (AvgIpc) is 2.84. The first-order valence-corrected chi connectivity index (χ1v) is 8.79. The number of likely N-dealkylation sites (N-methyl/N-ethyl adjacent to an activating group) is 1. The number of thiophene rings is 1. The molecule has 2 rings (SSSR count). The fourth-order valence-corrected chi connectivity index (χ4v) is 3.53. The number of hydrogen-bond acceptors (Lipinski definition) is 3. The predicted molar refractivity (Wildman–Crippen MR) is 93.4 cm³/mol. The highest BCUT2D eigenvalue weighted by atomic mass is 79.9. The smallest absolute Gasteiger partial charge is 0.323 e. The van der Waals surface area contributed by atoms with E-state index in [1.807, 2.05) is 11.4 Å². The Morgan fingerprint density at radius 1 is 1.42 bits per heavy atom. The lowest BCUT2D eigenvalue weighted by molar-refractivity contribution is -0.137. The van der Waals surface area contributed by atoms with Crippen LogP contribution in [0.1, 0.15) is 11.1 Å². The van der Waals surface area contributed by atoms with Gasteiger partial charge in [0.05, 0.1) is 26.6 Å². The van der Waals surface area contributed by atoms with E-state index in [1.165, 1.54) is 23.5 Å². The van der Waals surface area contributed by atoms with Crippen molar-refractivity contribution in [3.8, 4) is 0 Å². The molecule has 1 amide bonds. The summed E-state index contributed by atoms with van der Waals surface area (Å²) >= 11 is 10.7. The molecule has 24 heavy (non-hydrogen) atoms. The van der Waals surface area contributed by atoms with Crippen molar-refractivity contribution in [1.29, 1.82) is 0 Å². The SMILES string of the molecule is CN(CC(=O)Nc1c(Cl)cccc1C(F)(F)F)Cc1csc(Br)c1. The number of benzene rings is 1. The first kappa shape index (κ1) is 19.2. The maximum atomic E-state index is 13.0. The minimum atomic E-state index is -4.59. The van der Waals surface area contributed by atoms with Gasteiger partial charge in [0.15, 0.2) is 0 Å². The van der Waals surface area contributed by atoms with Gasteiger partial charge in [-0.3, -0.25) is 9.69 Å². The summed E-state index contributed by atoms with van der Waals surface area (Å²) in [4.78, 5) is 13.8. The number of halogens is 5. The van der Waals surface area contributed by atoms with Crippen LogP contribution in [0, 0.1) is 0 Å². The summed E-state index contributed by atoms with van der Waals surface area (Å²) in [6.07, 6.45) is -4.59. The predicted octanol–water partition coefficient (Wildman–Crippen LogP) is 5.25. The first-order valence-electron chi connectivity index (χ1n) is 6.74. The summed E-state index contributed by atoms with van der Waals surface area (Å²) in [6, 6.07) is 5.31. The van der Waals surface area contributed by atoms with Crippen molar-refractivity contribution in [3.63, 3.8) is 0 Å². The fourth-order valence-electron chi connectivity index (χ4n) is 2.11. The van der Waals surface area contributed by atoms with Crippen LogP contribution in [0.3, 0.4) is 0 Å². The molecule has 0 unspecified atom stereocenters. The second-order valence-electron chi connectivity index (χ2n) is 5.14. The lowest BCUT2D eigenvalue weighted by Crippen LogP contribution is -2.30.